The van der Waals surface area contributed by atoms with E-state index in [0.717, 1.165) is 19.6 Å². The highest BCUT2D eigenvalue weighted by Gasteiger charge is 2.27. The van der Waals surface area contributed by atoms with Crippen LogP contribution >= 0.6 is 0 Å². The Morgan fingerprint density at radius 3 is 1.94 bits per heavy atom. The summed E-state index contributed by atoms with van der Waals surface area (Å²) < 4.78 is 0. The molecule has 1 N–H and O–H groups in total. The zero-order valence-corrected chi connectivity index (χ0v) is 12.2. The van der Waals surface area contributed by atoms with Crippen LogP contribution in [0.3, 0.4) is 0 Å². The van der Waals surface area contributed by atoms with Crippen molar-refractivity contribution in [1.82, 2.24) is 9.80 Å². The summed E-state index contributed by atoms with van der Waals surface area (Å²) in [5.74, 6) is 0.140. The van der Waals surface area contributed by atoms with Crippen molar-refractivity contribution in [3.63, 3.8) is 0 Å². The van der Waals surface area contributed by atoms with Crippen molar-refractivity contribution in [3.8, 4) is 0 Å². The fraction of sp³-hybridized carbons (Fsp3) is 0.923. The third-order valence-corrected chi connectivity index (χ3v) is 2.98. The topological polar surface area (TPSA) is 43.8 Å². The largest absolute Gasteiger partial charge is 0.389 e. The molecule has 0 fully saturated rings. The van der Waals surface area contributed by atoms with Gasteiger partial charge in [-0.1, -0.05) is 6.92 Å². The minimum Gasteiger partial charge on any atom is -0.389 e. The molecule has 17 heavy (non-hydrogen) atoms. The molecule has 4 heteroatoms. The molecular formula is C13H28N2O2. The van der Waals surface area contributed by atoms with E-state index in [1.54, 1.807) is 13.8 Å². The van der Waals surface area contributed by atoms with E-state index in [2.05, 4.69) is 0 Å². The minimum atomic E-state index is -0.770. The second kappa shape index (κ2) is 6.97. The average Bonchev–Trinajstić information content (AvgIpc) is 2.25. The first-order chi connectivity index (χ1) is 7.76. The van der Waals surface area contributed by atoms with Crippen molar-refractivity contribution in [3.05, 3.63) is 0 Å². The molecule has 0 aliphatic heterocycles. The van der Waals surface area contributed by atoms with Crippen LogP contribution in [0.5, 0.6) is 0 Å². The van der Waals surface area contributed by atoms with Gasteiger partial charge in [-0.25, -0.2) is 0 Å². The van der Waals surface area contributed by atoms with Gasteiger partial charge in [-0.05, 0) is 41.2 Å². The Kier molecular flexibility index (Phi) is 6.72. The fourth-order valence-corrected chi connectivity index (χ4v) is 1.98. The molecule has 1 amide bonds. The predicted octanol–water partition coefficient (Wildman–Crippen LogP) is 1.34. The van der Waals surface area contributed by atoms with Crippen LogP contribution in [-0.2, 0) is 4.79 Å². The number of rotatable bonds is 7. The highest BCUT2D eigenvalue weighted by molar-refractivity contribution is 5.81. The lowest BCUT2D eigenvalue weighted by Crippen LogP contribution is -2.51. The zero-order chi connectivity index (χ0) is 13.6. The monoisotopic (exact) mass is 244 g/mol. The Balaban J connectivity index is 4.63. The van der Waals surface area contributed by atoms with Crippen LogP contribution in [-0.4, -0.2) is 58.6 Å². The molecule has 0 aromatic rings. The van der Waals surface area contributed by atoms with Crippen molar-refractivity contribution in [2.75, 3.05) is 26.2 Å². The molecule has 0 rings (SSSR count). The van der Waals surface area contributed by atoms with Crippen molar-refractivity contribution in [1.29, 1.82) is 0 Å². The number of hydrogen-bond acceptors (Lipinski definition) is 3. The summed E-state index contributed by atoms with van der Waals surface area (Å²) in [6.07, 6.45) is 0. The molecule has 0 heterocycles. The van der Waals surface area contributed by atoms with Crippen LogP contribution in [0, 0.1) is 0 Å². The highest BCUT2D eigenvalue weighted by atomic mass is 16.3. The highest BCUT2D eigenvalue weighted by Crippen LogP contribution is 2.10. The van der Waals surface area contributed by atoms with Gasteiger partial charge in [0.15, 0.2) is 0 Å². The van der Waals surface area contributed by atoms with E-state index < -0.39 is 5.60 Å². The van der Waals surface area contributed by atoms with Gasteiger partial charge in [0.2, 0.25) is 5.91 Å². The van der Waals surface area contributed by atoms with Gasteiger partial charge < -0.3 is 10.0 Å². The Morgan fingerprint density at radius 1 is 1.18 bits per heavy atom. The van der Waals surface area contributed by atoms with E-state index in [1.165, 1.54) is 0 Å². The Bertz CT molecular complexity index is 232. The fourth-order valence-electron chi connectivity index (χ4n) is 1.98. The number of carbonyl (C=O) groups is 1. The molecule has 0 aromatic heterocycles. The van der Waals surface area contributed by atoms with E-state index in [1.807, 2.05) is 37.5 Å². The molecule has 0 aliphatic rings. The Morgan fingerprint density at radius 2 is 1.65 bits per heavy atom. The molecule has 102 valence electrons. The third-order valence-electron chi connectivity index (χ3n) is 2.98. The third kappa shape index (κ3) is 5.50. The minimum absolute atomic E-state index is 0.140. The second-order valence-electron chi connectivity index (χ2n) is 5.06. The first-order valence-electron chi connectivity index (χ1n) is 6.52. The Hall–Kier alpha value is -0.610. The average molecular weight is 244 g/mol. The van der Waals surface area contributed by atoms with Crippen LogP contribution in [0.25, 0.3) is 0 Å². The summed E-state index contributed by atoms with van der Waals surface area (Å²) in [4.78, 5) is 16.0. The van der Waals surface area contributed by atoms with E-state index >= 15 is 0 Å². The molecule has 0 spiro atoms. The molecule has 0 aliphatic carbocycles. The number of nitrogens with zero attached hydrogens (tertiary/aromatic N) is 2. The first kappa shape index (κ1) is 16.4. The van der Waals surface area contributed by atoms with E-state index in [4.69, 9.17) is 0 Å². The lowest BCUT2D eigenvalue weighted by Gasteiger charge is -2.34. The standard InChI is InChI=1S/C13H28N2O2/c1-7-14(8-2)12(16)11(4)15(9-3)10-13(5,6)17/h11,17H,7-10H2,1-6H3. The quantitative estimate of drug-likeness (QED) is 0.735. The maximum atomic E-state index is 12.2. The van der Waals surface area contributed by atoms with Gasteiger partial charge in [0.1, 0.15) is 0 Å². The molecule has 0 aromatic carbocycles. The SMILES string of the molecule is CCN(CC)C(=O)C(C)N(CC)CC(C)(C)O. The van der Waals surface area contributed by atoms with Crippen molar-refractivity contribution in [2.45, 2.75) is 53.2 Å². The molecule has 0 saturated heterocycles. The summed E-state index contributed by atoms with van der Waals surface area (Å²) in [6, 6.07) is -0.175. The van der Waals surface area contributed by atoms with Gasteiger partial charge >= 0.3 is 0 Å². The van der Waals surface area contributed by atoms with Gasteiger partial charge in [-0.2, -0.15) is 0 Å². The summed E-state index contributed by atoms with van der Waals surface area (Å²) in [5, 5.41) is 9.84. The van der Waals surface area contributed by atoms with Crippen LogP contribution in [0.4, 0.5) is 0 Å². The van der Waals surface area contributed by atoms with Crippen LogP contribution in [0.1, 0.15) is 41.5 Å². The van der Waals surface area contributed by atoms with Crippen molar-refractivity contribution < 1.29 is 9.90 Å². The van der Waals surface area contributed by atoms with Gasteiger partial charge in [-0.15, -0.1) is 0 Å². The lowest BCUT2D eigenvalue weighted by molar-refractivity contribution is -0.137. The smallest absolute Gasteiger partial charge is 0.239 e. The number of likely N-dealkylation sites (N-methyl/N-ethyl adjacent to an activating group) is 2. The number of amides is 1. The summed E-state index contributed by atoms with van der Waals surface area (Å²) in [5.41, 5.74) is -0.770. The predicted molar refractivity (Wildman–Crippen MR) is 70.9 cm³/mol. The summed E-state index contributed by atoms with van der Waals surface area (Å²) in [7, 11) is 0. The van der Waals surface area contributed by atoms with Crippen LogP contribution in [0.2, 0.25) is 0 Å². The maximum Gasteiger partial charge on any atom is 0.239 e. The Labute approximate surface area is 106 Å². The van der Waals surface area contributed by atoms with Crippen LogP contribution < -0.4 is 0 Å². The molecule has 0 bridgehead atoms. The first-order valence-corrected chi connectivity index (χ1v) is 6.52. The van der Waals surface area contributed by atoms with E-state index in [9.17, 15) is 9.90 Å². The zero-order valence-electron chi connectivity index (χ0n) is 12.2. The van der Waals surface area contributed by atoms with E-state index in [-0.39, 0.29) is 11.9 Å². The van der Waals surface area contributed by atoms with Gasteiger partial charge in [0, 0.05) is 19.6 Å². The second-order valence-corrected chi connectivity index (χ2v) is 5.06. The van der Waals surface area contributed by atoms with E-state index in [0.29, 0.717) is 6.54 Å². The summed E-state index contributed by atoms with van der Waals surface area (Å²) in [6.45, 7) is 14.2. The molecule has 1 atom stereocenters. The number of carbonyl (C=O) groups excluding carboxylic acids is 1. The molecular weight excluding hydrogens is 216 g/mol. The normalized spacial score (nSPS) is 13.9. The van der Waals surface area contributed by atoms with Gasteiger partial charge in [-0.3, -0.25) is 9.69 Å². The van der Waals surface area contributed by atoms with Crippen LogP contribution in [0.15, 0.2) is 0 Å². The number of aliphatic hydroxyl groups is 1. The number of hydrogen-bond donors (Lipinski definition) is 1. The van der Waals surface area contributed by atoms with Crippen molar-refractivity contribution >= 4 is 5.91 Å². The maximum absolute atomic E-state index is 12.2. The summed E-state index contributed by atoms with van der Waals surface area (Å²) >= 11 is 0. The van der Waals surface area contributed by atoms with Gasteiger partial charge in [0.05, 0.1) is 11.6 Å². The molecule has 1 unspecified atom stereocenters. The lowest BCUT2D eigenvalue weighted by atomic mass is 10.1. The van der Waals surface area contributed by atoms with Crippen molar-refractivity contribution in [2.24, 2.45) is 0 Å². The van der Waals surface area contributed by atoms with Gasteiger partial charge in [0.25, 0.3) is 0 Å². The molecule has 4 nitrogen and oxygen atoms in total. The molecule has 0 saturated carbocycles. The molecule has 0 radical (unpaired) electrons.